The summed E-state index contributed by atoms with van der Waals surface area (Å²) in [5.41, 5.74) is 1.17. The van der Waals surface area contributed by atoms with Crippen molar-refractivity contribution >= 4 is 22.1 Å². The standard InChI is InChI=1S/C13H15BrN2O/c14-10-3-6-13-15-12(8-16(13)7-10)9-1-4-11(17)5-2-9/h4,7-9,17H,1-3,5-6H2. The Labute approximate surface area is 109 Å². The number of halogens is 1. The lowest BCUT2D eigenvalue weighted by Crippen LogP contribution is -2.04. The first-order valence-electron chi connectivity index (χ1n) is 6.04. The molecule has 2 heterocycles. The molecule has 1 atom stereocenters. The van der Waals surface area contributed by atoms with Crippen LogP contribution in [0.15, 0.2) is 22.5 Å². The number of rotatable bonds is 1. The topological polar surface area (TPSA) is 38.0 Å². The largest absolute Gasteiger partial charge is 0.513 e. The minimum absolute atomic E-state index is 0.469. The van der Waals surface area contributed by atoms with Crippen LogP contribution in [0.3, 0.4) is 0 Å². The summed E-state index contributed by atoms with van der Waals surface area (Å²) in [6.07, 6.45) is 10.9. The van der Waals surface area contributed by atoms with Crippen molar-refractivity contribution in [2.45, 2.75) is 38.0 Å². The molecule has 3 rings (SSSR count). The fourth-order valence-electron chi connectivity index (χ4n) is 2.48. The van der Waals surface area contributed by atoms with E-state index in [1.54, 1.807) is 0 Å². The van der Waals surface area contributed by atoms with Gasteiger partial charge in [-0.15, -0.1) is 0 Å². The predicted molar refractivity (Wildman–Crippen MR) is 71.1 cm³/mol. The molecule has 1 aromatic rings. The van der Waals surface area contributed by atoms with Crippen molar-refractivity contribution in [1.82, 2.24) is 9.55 Å². The van der Waals surface area contributed by atoms with Crippen molar-refractivity contribution in [3.63, 3.8) is 0 Å². The van der Waals surface area contributed by atoms with Crippen LogP contribution in [0.25, 0.3) is 6.20 Å². The number of aliphatic hydroxyl groups excluding tert-OH is 1. The van der Waals surface area contributed by atoms with E-state index in [2.05, 4.69) is 32.9 Å². The monoisotopic (exact) mass is 294 g/mol. The summed E-state index contributed by atoms with van der Waals surface area (Å²) in [5, 5.41) is 9.39. The van der Waals surface area contributed by atoms with Gasteiger partial charge in [-0.2, -0.15) is 0 Å². The van der Waals surface area contributed by atoms with Gasteiger partial charge in [0.05, 0.1) is 11.5 Å². The van der Waals surface area contributed by atoms with Gasteiger partial charge in [-0.3, -0.25) is 0 Å². The Kier molecular flexibility index (Phi) is 2.82. The number of hydrogen-bond donors (Lipinski definition) is 1. The van der Waals surface area contributed by atoms with Gasteiger partial charge < -0.3 is 9.67 Å². The van der Waals surface area contributed by atoms with Crippen LogP contribution in [-0.2, 0) is 6.42 Å². The van der Waals surface area contributed by atoms with Gasteiger partial charge in [-0.1, -0.05) is 15.9 Å². The summed E-state index contributed by atoms with van der Waals surface area (Å²) in [7, 11) is 0. The normalized spacial score (nSPS) is 23.9. The van der Waals surface area contributed by atoms with Crippen LogP contribution in [0.4, 0.5) is 0 Å². The smallest absolute Gasteiger partial charge is 0.113 e. The number of aryl methyl sites for hydroxylation is 1. The van der Waals surface area contributed by atoms with Crippen molar-refractivity contribution in [3.05, 3.63) is 34.0 Å². The maximum atomic E-state index is 9.39. The number of aliphatic hydroxyl groups is 1. The average molecular weight is 295 g/mol. The van der Waals surface area contributed by atoms with Gasteiger partial charge in [-0.05, 0) is 25.3 Å². The minimum atomic E-state index is 0.469. The highest BCUT2D eigenvalue weighted by Crippen LogP contribution is 2.32. The highest BCUT2D eigenvalue weighted by molar-refractivity contribution is 9.11. The van der Waals surface area contributed by atoms with Gasteiger partial charge in [0.2, 0.25) is 0 Å². The first-order chi connectivity index (χ1) is 8.22. The highest BCUT2D eigenvalue weighted by atomic mass is 79.9. The molecule has 17 heavy (non-hydrogen) atoms. The minimum Gasteiger partial charge on any atom is -0.513 e. The third kappa shape index (κ3) is 2.18. The molecular weight excluding hydrogens is 280 g/mol. The summed E-state index contributed by atoms with van der Waals surface area (Å²) >= 11 is 3.54. The maximum Gasteiger partial charge on any atom is 0.113 e. The first kappa shape index (κ1) is 11.1. The van der Waals surface area contributed by atoms with Crippen molar-refractivity contribution in [1.29, 1.82) is 0 Å². The molecule has 0 amide bonds. The Morgan fingerprint density at radius 1 is 1.35 bits per heavy atom. The Bertz CT molecular complexity index is 502. The molecule has 4 heteroatoms. The molecular formula is C13H15BrN2O. The number of hydrogen-bond acceptors (Lipinski definition) is 2. The lowest BCUT2D eigenvalue weighted by Gasteiger charge is -2.16. The van der Waals surface area contributed by atoms with E-state index >= 15 is 0 Å². The maximum absolute atomic E-state index is 9.39. The predicted octanol–water partition coefficient (Wildman–Crippen LogP) is 3.73. The van der Waals surface area contributed by atoms with Gasteiger partial charge in [0.15, 0.2) is 0 Å². The van der Waals surface area contributed by atoms with Crippen LogP contribution >= 0.6 is 15.9 Å². The molecule has 1 unspecified atom stereocenters. The van der Waals surface area contributed by atoms with E-state index in [9.17, 15) is 5.11 Å². The molecule has 0 saturated heterocycles. The highest BCUT2D eigenvalue weighted by Gasteiger charge is 2.21. The van der Waals surface area contributed by atoms with E-state index in [0.717, 1.165) is 37.9 Å². The number of imidazole rings is 1. The van der Waals surface area contributed by atoms with E-state index in [4.69, 9.17) is 4.98 Å². The molecule has 1 aromatic heterocycles. The van der Waals surface area contributed by atoms with Gasteiger partial charge in [0.1, 0.15) is 5.82 Å². The van der Waals surface area contributed by atoms with E-state index in [-0.39, 0.29) is 0 Å². The van der Waals surface area contributed by atoms with Crippen LogP contribution in [0.2, 0.25) is 0 Å². The van der Waals surface area contributed by atoms with Gasteiger partial charge >= 0.3 is 0 Å². The first-order valence-corrected chi connectivity index (χ1v) is 6.83. The molecule has 2 aliphatic rings. The van der Waals surface area contributed by atoms with Crippen molar-refractivity contribution in [2.75, 3.05) is 0 Å². The number of nitrogens with zero attached hydrogens (tertiary/aromatic N) is 2. The molecule has 1 aliphatic carbocycles. The zero-order chi connectivity index (χ0) is 11.8. The lowest BCUT2D eigenvalue weighted by atomic mass is 9.91. The molecule has 3 nitrogen and oxygen atoms in total. The molecule has 0 radical (unpaired) electrons. The summed E-state index contributed by atoms with van der Waals surface area (Å²) in [6, 6.07) is 0. The molecule has 0 spiro atoms. The summed E-state index contributed by atoms with van der Waals surface area (Å²) in [6.45, 7) is 0. The lowest BCUT2D eigenvalue weighted by molar-refractivity contribution is 0.357. The van der Waals surface area contributed by atoms with Gasteiger partial charge in [0.25, 0.3) is 0 Å². The van der Waals surface area contributed by atoms with Crippen LogP contribution in [0, 0.1) is 0 Å². The third-order valence-corrected chi connectivity index (χ3v) is 4.10. The molecule has 0 bridgehead atoms. The summed E-state index contributed by atoms with van der Waals surface area (Å²) in [5.74, 6) is 2.16. The zero-order valence-electron chi connectivity index (χ0n) is 9.56. The van der Waals surface area contributed by atoms with Gasteiger partial charge in [0, 0.05) is 35.6 Å². The van der Waals surface area contributed by atoms with Crippen molar-refractivity contribution < 1.29 is 5.11 Å². The number of aromatic nitrogens is 2. The van der Waals surface area contributed by atoms with Crippen LogP contribution in [-0.4, -0.2) is 14.7 Å². The Morgan fingerprint density at radius 2 is 2.24 bits per heavy atom. The van der Waals surface area contributed by atoms with E-state index in [1.807, 2.05) is 6.08 Å². The van der Waals surface area contributed by atoms with E-state index in [1.165, 1.54) is 10.2 Å². The summed E-state index contributed by atoms with van der Waals surface area (Å²) in [4.78, 5) is 4.72. The Morgan fingerprint density at radius 3 is 3.00 bits per heavy atom. The van der Waals surface area contributed by atoms with Crippen molar-refractivity contribution in [2.24, 2.45) is 0 Å². The number of fused-ring (bicyclic) bond motifs is 1. The van der Waals surface area contributed by atoms with E-state index in [0.29, 0.717) is 11.7 Å². The fourth-order valence-corrected chi connectivity index (χ4v) is 2.90. The Hall–Kier alpha value is -1.03. The SMILES string of the molecule is OC1=CCC(c2cn3c(n2)CCC(Br)=C3)CC1. The van der Waals surface area contributed by atoms with Crippen LogP contribution in [0.5, 0.6) is 0 Å². The van der Waals surface area contributed by atoms with E-state index < -0.39 is 0 Å². The molecule has 90 valence electrons. The molecule has 1 aliphatic heterocycles. The number of allylic oxidation sites excluding steroid dienone is 3. The fraction of sp³-hybridized carbons (Fsp3) is 0.462. The third-order valence-electron chi connectivity index (χ3n) is 3.50. The van der Waals surface area contributed by atoms with Crippen LogP contribution in [0.1, 0.15) is 43.1 Å². The molecule has 0 saturated carbocycles. The second kappa shape index (κ2) is 4.33. The van der Waals surface area contributed by atoms with Crippen molar-refractivity contribution in [3.8, 4) is 0 Å². The Balaban J connectivity index is 1.86. The molecule has 0 fully saturated rings. The summed E-state index contributed by atoms with van der Waals surface area (Å²) < 4.78 is 3.36. The second-order valence-corrected chi connectivity index (χ2v) is 5.75. The zero-order valence-corrected chi connectivity index (χ0v) is 11.2. The van der Waals surface area contributed by atoms with Gasteiger partial charge in [-0.25, -0.2) is 4.98 Å². The molecule has 0 aromatic carbocycles. The quantitative estimate of drug-likeness (QED) is 0.857. The molecule has 1 N–H and O–H groups in total. The average Bonchev–Trinajstić information content (AvgIpc) is 2.72. The van der Waals surface area contributed by atoms with Crippen LogP contribution < -0.4 is 0 Å². The second-order valence-electron chi connectivity index (χ2n) is 4.73.